The fourth-order valence-electron chi connectivity index (χ4n) is 1.71. The van der Waals surface area contributed by atoms with Crippen LogP contribution in [-0.2, 0) is 0 Å². The molecular formula is C12H13N5O4. The standard InChI is InChI=1S/C12H13N5O4/c18-8(11-16-10(17-21-11)6-1-2-6)4-15-9-5-13-7(3-14-9)12(19)20/h3,5-6,8,18H,1-2,4H2,(H,14,15)(H,19,20). The Labute approximate surface area is 119 Å². The Bertz CT molecular complexity index is 637. The number of carbonyl (C=O) groups is 1. The summed E-state index contributed by atoms with van der Waals surface area (Å²) in [6.07, 6.45) is 3.55. The van der Waals surface area contributed by atoms with Crippen molar-refractivity contribution in [3.05, 3.63) is 29.8 Å². The smallest absolute Gasteiger partial charge is 0.356 e. The van der Waals surface area contributed by atoms with Crippen LogP contribution in [0.2, 0.25) is 0 Å². The van der Waals surface area contributed by atoms with E-state index >= 15 is 0 Å². The Morgan fingerprint density at radius 1 is 1.43 bits per heavy atom. The van der Waals surface area contributed by atoms with E-state index in [9.17, 15) is 9.90 Å². The molecule has 0 aliphatic heterocycles. The number of carboxylic acids is 1. The minimum absolute atomic E-state index is 0.105. The van der Waals surface area contributed by atoms with Gasteiger partial charge < -0.3 is 20.1 Å². The zero-order valence-corrected chi connectivity index (χ0v) is 10.9. The van der Waals surface area contributed by atoms with Crippen molar-refractivity contribution in [1.82, 2.24) is 20.1 Å². The molecule has 0 spiro atoms. The number of carboxylic acid groups (broad SMARTS) is 1. The molecule has 2 heterocycles. The highest BCUT2D eigenvalue weighted by Gasteiger charge is 2.29. The highest BCUT2D eigenvalue weighted by atomic mass is 16.5. The van der Waals surface area contributed by atoms with Gasteiger partial charge in [0.2, 0.25) is 0 Å². The van der Waals surface area contributed by atoms with Crippen molar-refractivity contribution in [1.29, 1.82) is 0 Å². The van der Waals surface area contributed by atoms with Crippen molar-refractivity contribution < 1.29 is 19.5 Å². The molecule has 1 fully saturated rings. The van der Waals surface area contributed by atoms with Gasteiger partial charge in [-0.2, -0.15) is 4.98 Å². The summed E-state index contributed by atoms with van der Waals surface area (Å²) < 4.78 is 5.00. The number of aromatic carboxylic acids is 1. The van der Waals surface area contributed by atoms with Crippen molar-refractivity contribution in [2.45, 2.75) is 24.9 Å². The highest BCUT2D eigenvalue weighted by molar-refractivity contribution is 5.84. The van der Waals surface area contributed by atoms with Gasteiger partial charge in [0, 0.05) is 5.92 Å². The molecule has 1 aliphatic rings. The molecule has 0 aromatic carbocycles. The van der Waals surface area contributed by atoms with Crippen LogP contribution in [0.5, 0.6) is 0 Å². The third-order valence-corrected chi connectivity index (χ3v) is 3.03. The van der Waals surface area contributed by atoms with Gasteiger partial charge >= 0.3 is 5.97 Å². The molecule has 1 unspecified atom stereocenters. The number of aliphatic hydroxyl groups is 1. The molecule has 0 radical (unpaired) electrons. The summed E-state index contributed by atoms with van der Waals surface area (Å²) in [5, 5.41) is 25.3. The lowest BCUT2D eigenvalue weighted by molar-refractivity contribution is 0.0690. The average Bonchev–Trinajstić information content (AvgIpc) is 3.22. The monoisotopic (exact) mass is 291 g/mol. The van der Waals surface area contributed by atoms with Gasteiger partial charge in [-0.1, -0.05) is 5.16 Å². The summed E-state index contributed by atoms with van der Waals surface area (Å²) in [6.45, 7) is 0.105. The maximum Gasteiger partial charge on any atom is 0.356 e. The lowest BCUT2D eigenvalue weighted by atomic mass is 10.3. The zero-order valence-electron chi connectivity index (χ0n) is 10.9. The first-order chi connectivity index (χ1) is 10.1. The third kappa shape index (κ3) is 3.14. The van der Waals surface area contributed by atoms with Gasteiger partial charge in [0.05, 0.1) is 18.9 Å². The number of aliphatic hydroxyl groups excluding tert-OH is 1. The Kier molecular flexibility index (Phi) is 3.48. The van der Waals surface area contributed by atoms with E-state index in [1.165, 1.54) is 6.20 Å². The second-order valence-electron chi connectivity index (χ2n) is 4.75. The van der Waals surface area contributed by atoms with E-state index < -0.39 is 12.1 Å². The number of rotatable bonds is 6. The fraction of sp³-hybridized carbons (Fsp3) is 0.417. The Morgan fingerprint density at radius 3 is 2.86 bits per heavy atom. The summed E-state index contributed by atoms with van der Waals surface area (Å²) in [6, 6.07) is 0. The first-order valence-corrected chi connectivity index (χ1v) is 6.44. The Morgan fingerprint density at radius 2 is 2.24 bits per heavy atom. The van der Waals surface area contributed by atoms with E-state index in [0.29, 0.717) is 17.6 Å². The van der Waals surface area contributed by atoms with E-state index in [0.717, 1.165) is 19.0 Å². The normalized spacial score (nSPS) is 15.7. The van der Waals surface area contributed by atoms with Crippen LogP contribution in [0.25, 0.3) is 0 Å². The summed E-state index contributed by atoms with van der Waals surface area (Å²) in [4.78, 5) is 22.4. The molecule has 9 nitrogen and oxygen atoms in total. The van der Waals surface area contributed by atoms with Gasteiger partial charge in [-0.05, 0) is 12.8 Å². The largest absolute Gasteiger partial charge is 0.476 e. The second-order valence-corrected chi connectivity index (χ2v) is 4.75. The molecule has 0 amide bonds. The second kappa shape index (κ2) is 5.44. The predicted molar refractivity (Wildman–Crippen MR) is 68.7 cm³/mol. The maximum absolute atomic E-state index is 10.6. The van der Waals surface area contributed by atoms with Gasteiger partial charge in [0.15, 0.2) is 11.5 Å². The SMILES string of the molecule is O=C(O)c1cnc(NCC(O)c2nc(C3CC3)no2)cn1. The van der Waals surface area contributed by atoms with Gasteiger partial charge in [0.1, 0.15) is 11.9 Å². The number of hydrogen-bond acceptors (Lipinski definition) is 8. The average molecular weight is 291 g/mol. The van der Waals surface area contributed by atoms with Crippen LogP contribution in [0.15, 0.2) is 16.9 Å². The number of nitrogens with one attached hydrogen (secondary N) is 1. The van der Waals surface area contributed by atoms with E-state index in [1.54, 1.807) is 0 Å². The minimum Gasteiger partial charge on any atom is -0.476 e. The quantitative estimate of drug-likeness (QED) is 0.698. The number of hydrogen-bond donors (Lipinski definition) is 3. The molecule has 2 aromatic rings. The topological polar surface area (TPSA) is 134 Å². The molecule has 110 valence electrons. The summed E-state index contributed by atoms with van der Waals surface area (Å²) >= 11 is 0. The summed E-state index contributed by atoms with van der Waals surface area (Å²) in [5.74, 6) is 0.347. The molecular weight excluding hydrogens is 278 g/mol. The van der Waals surface area contributed by atoms with Gasteiger partial charge in [0.25, 0.3) is 5.89 Å². The number of anilines is 1. The van der Waals surface area contributed by atoms with Gasteiger partial charge in [-0.3, -0.25) is 0 Å². The predicted octanol–water partition coefficient (Wildman–Crippen LogP) is 0.581. The van der Waals surface area contributed by atoms with Crippen molar-refractivity contribution >= 4 is 11.8 Å². The molecule has 3 rings (SSSR count). The molecule has 1 aliphatic carbocycles. The molecule has 0 bridgehead atoms. The summed E-state index contributed by atoms with van der Waals surface area (Å²) in [7, 11) is 0. The van der Waals surface area contributed by atoms with Crippen LogP contribution in [0, 0.1) is 0 Å². The van der Waals surface area contributed by atoms with Crippen LogP contribution < -0.4 is 5.32 Å². The first kappa shape index (κ1) is 13.4. The van der Waals surface area contributed by atoms with E-state index in [4.69, 9.17) is 9.63 Å². The van der Waals surface area contributed by atoms with E-state index in [2.05, 4.69) is 25.4 Å². The van der Waals surface area contributed by atoms with Gasteiger partial charge in [-0.15, -0.1) is 0 Å². The molecule has 0 saturated heterocycles. The fourth-order valence-corrected chi connectivity index (χ4v) is 1.71. The number of nitrogens with zero attached hydrogens (tertiary/aromatic N) is 4. The van der Waals surface area contributed by atoms with E-state index in [1.807, 2.05) is 0 Å². The number of aromatic nitrogens is 4. The van der Waals surface area contributed by atoms with Gasteiger partial charge in [-0.25, -0.2) is 14.8 Å². The minimum atomic E-state index is -1.15. The highest BCUT2D eigenvalue weighted by Crippen LogP contribution is 2.38. The Hall–Kier alpha value is -2.55. The first-order valence-electron chi connectivity index (χ1n) is 6.44. The van der Waals surface area contributed by atoms with Crippen LogP contribution in [0.1, 0.15) is 47.1 Å². The molecule has 1 saturated carbocycles. The summed E-state index contributed by atoms with van der Waals surface area (Å²) in [5.41, 5.74) is -0.146. The van der Waals surface area contributed by atoms with Crippen molar-refractivity contribution in [2.24, 2.45) is 0 Å². The molecule has 9 heteroatoms. The van der Waals surface area contributed by atoms with Crippen molar-refractivity contribution in [2.75, 3.05) is 11.9 Å². The third-order valence-electron chi connectivity index (χ3n) is 3.03. The van der Waals surface area contributed by atoms with Crippen molar-refractivity contribution in [3.8, 4) is 0 Å². The molecule has 2 aromatic heterocycles. The Balaban J connectivity index is 1.56. The van der Waals surface area contributed by atoms with Crippen LogP contribution >= 0.6 is 0 Å². The molecule has 1 atom stereocenters. The lowest BCUT2D eigenvalue weighted by Crippen LogP contribution is -2.14. The van der Waals surface area contributed by atoms with Crippen LogP contribution in [0.4, 0.5) is 5.82 Å². The van der Waals surface area contributed by atoms with Crippen LogP contribution in [-0.4, -0.2) is 42.8 Å². The molecule has 21 heavy (non-hydrogen) atoms. The van der Waals surface area contributed by atoms with E-state index in [-0.39, 0.29) is 18.1 Å². The maximum atomic E-state index is 10.6. The zero-order chi connectivity index (χ0) is 14.8. The lowest BCUT2D eigenvalue weighted by Gasteiger charge is -2.08. The van der Waals surface area contributed by atoms with Crippen LogP contribution in [0.3, 0.4) is 0 Å². The molecule has 3 N–H and O–H groups in total. The van der Waals surface area contributed by atoms with Crippen molar-refractivity contribution in [3.63, 3.8) is 0 Å².